The molecular weight excluding hydrogens is 260 g/mol. The summed E-state index contributed by atoms with van der Waals surface area (Å²) in [6, 6.07) is 7.41. The maximum Gasteiger partial charge on any atom is 0.258 e. The van der Waals surface area contributed by atoms with Crippen molar-refractivity contribution in [3.63, 3.8) is 0 Å². The largest absolute Gasteiger partial charge is 0.334 e. The van der Waals surface area contributed by atoms with E-state index in [2.05, 4.69) is 26.1 Å². The van der Waals surface area contributed by atoms with Crippen molar-refractivity contribution in [1.29, 1.82) is 0 Å². The summed E-state index contributed by atoms with van der Waals surface area (Å²) in [5.74, 6) is 0.253. The Labute approximate surface area is 94.4 Å². The van der Waals surface area contributed by atoms with Crippen LogP contribution < -0.4 is 0 Å². The molecule has 0 atom stereocenters. The van der Waals surface area contributed by atoms with Gasteiger partial charge in [0.15, 0.2) is 0 Å². The minimum Gasteiger partial charge on any atom is -0.334 e. The third-order valence-electron chi connectivity index (χ3n) is 1.83. The smallest absolute Gasteiger partial charge is 0.258 e. The minimum absolute atomic E-state index is 0.105. The van der Waals surface area contributed by atoms with E-state index in [4.69, 9.17) is 4.52 Å². The summed E-state index contributed by atoms with van der Waals surface area (Å²) >= 11 is 3.33. The van der Waals surface area contributed by atoms with Crippen LogP contribution in [0.3, 0.4) is 0 Å². The van der Waals surface area contributed by atoms with Crippen molar-refractivity contribution in [2.45, 2.75) is 6.92 Å². The summed E-state index contributed by atoms with van der Waals surface area (Å²) in [6.45, 7) is 1.40. The van der Waals surface area contributed by atoms with Crippen LogP contribution >= 0.6 is 15.9 Å². The molecule has 0 unspecified atom stereocenters. The number of hydrogen-bond donors (Lipinski definition) is 0. The first-order chi connectivity index (χ1) is 7.16. The fourth-order valence-electron chi connectivity index (χ4n) is 1.08. The van der Waals surface area contributed by atoms with E-state index in [9.17, 15) is 4.79 Å². The van der Waals surface area contributed by atoms with E-state index in [0.29, 0.717) is 5.89 Å². The number of benzene rings is 1. The molecule has 0 aliphatic rings. The molecule has 5 heteroatoms. The number of rotatable bonds is 2. The Bertz CT molecular complexity index is 490. The molecule has 4 nitrogen and oxygen atoms in total. The number of Topliss-reactive ketones (excluding diaryl/α,β-unsaturated/α-hetero) is 1. The Balaban J connectivity index is 2.37. The van der Waals surface area contributed by atoms with Gasteiger partial charge in [-0.1, -0.05) is 21.1 Å². The van der Waals surface area contributed by atoms with Crippen LogP contribution in [0.15, 0.2) is 33.3 Å². The first kappa shape index (κ1) is 10.0. The van der Waals surface area contributed by atoms with Gasteiger partial charge in [-0.2, -0.15) is 4.98 Å². The van der Waals surface area contributed by atoms with Gasteiger partial charge in [0.1, 0.15) is 0 Å². The topological polar surface area (TPSA) is 56.0 Å². The lowest BCUT2D eigenvalue weighted by atomic mass is 10.2. The molecule has 0 spiro atoms. The van der Waals surface area contributed by atoms with Crippen LogP contribution in [0.4, 0.5) is 0 Å². The molecule has 2 aromatic rings. The highest BCUT2D eigenvalue weighted by molar-refractivity contribution is 9.10. The zero-order valence-electron chi connectivity index (χ0n) is 7.90. The van der Waals surface area contributed by atoms with E-state index < -0.39 is 0 Å². The summed E-state index contributed by atoms with van der Waals surface area (Å²) in [5.41, 5.74) is 0.790. The zero-order valence-corrected chi connectivity index (χ0v) is 9.48. The second-order valence-corrected chi connectivity index (χ2v) is 3.90. The van der Waals surface area contributed by atoms with Crippen molar-refractivity contribution >= 4 is 21.7 Å². The summed E-state index contributed by atoms with van der Waals surface area (Å²) in [5, 5.41) is 3.57. The Morgan fingerprint density at radius 3 is 2.53 bits per heavy atom. The van der Waals surface area contributed by atoms with Gasteiger partial charge in [0.2, 0.25) is 11.6 Å². The number of halogens is 1. The van der Waals surface area contributed by atoms with Crippen LogP contribution in [-0.4, -0.2) is 15.9 Å². The minimum atomic E-state index is -0.206. The number of ketones is 1. The normalized spacial score (nSPS) is 10.3. The standard InChI is InChI=1S/C10H7BrN2O2/c1-6(14)9-12-10(15-13-9)7-2-4-8(11)5-3-7/h2-5H,1H3. The van der Waals surface area contributed by atoms with Gasteiger partial charge in [-0.3, -0.25) is 4.79 Å². The van der Waals surface area contributed by atoms with Crippen LogP contribution in [0.25, 0.3) is 11.5 Å². The monoisotopic (exact) mass is 266 g/mol. The van der Waals surface area contributed by atoms with Crippen LogP contribution in [-0.2, 0) is 0 Å². The maximum absolute atomic E-state index is 11.0. The van der Waals surface area contributed by atoms with Crippen molar-refractivity contribution in [3.05, 3.63) is 34.6 Å². The molecule has 0 saturated carbocycles. The summed E-state index contributed by atoms with van der Waals surface area (Å²) in [6.07, 6.45) is 0. The van der Waals surface area contributed by atoms with E-state index in [0.717, 1.165) is 10.0 Å². The fraction of sp³-hybridized carbons (Fsp3) is 0.100. The van der Waals surface area contributed by atoms with Gasteiger partial charge in [-0.15, -0.1) is 0 Å². The Kier molecular flexibility index (Phi) is 2.64. The highest BCUT2D eigenvalue weighted by atomic mass is 79.9. The molecule has 1 heterocycles. The summed E-state index contributed by atoms with van der Waals surface area (Å²) in [4.78, 5) is 14.9. The van der Waals surface area contributed by atoms with Gasteiger partial charge in [-0.25, -0.2) is 0 Å². The second kappa shape index (κ2) is 3.94. The van der Waals surface area contributed by atoms with E-state index in [1.165, 1.54) is 6.92 Å². The van der Waals surface area contributed by atoms with Crippen LogP contribution in [0.1, 0.15) is 17.5 Å². The van der Waals surface area contributed by atoms with Crippen molar-refractivity contribution in [3.8, 4) is 11.5 Å². The highest BCUT2D eigenvalue weighted by Gasteiger charge is 2.11. The predicted octanol–water partition coefficient (Wildman–Crippen LogP) is 2.70. The van der Waals surface area contributed by atoms with Gasteiger partial charge in [0.05, 0.1) is 0 Å². The lowest BCUT2D eigenvalue weighted by molar-refractivity contribution is 0.100. The molecule has 2 rings (SSSR count). The lowest BCUT2D eigenvalue weighted by Gasteiger charge is -1.92. The first-order valence-electron chi connectivity index (χ1n) is 4.27. The van der Waals surface area contributed by atoms with E-state index in [1.807, 2.05) is 24.3 Å². The van der Waals surface area contributed by atoms with Crippen LogP contribution in [0.5, 0.6) is 0 Å². The van der Waals surface area contributed by atoms with Gasteiger partial charge in [-0.05, 0) is 24.3 Å². The highest BCUT2D eigenvalue weighted by Crippen LogP contribution is 2.19. The summed E-state index contributed by atoms with van der Waals surface area (Å²) < 4.78 is 5.92. The third kappa shape index (κ3) is 2.12. The molecule has 76 valence electrons. The molecule has 0 radical (unpaired) electrons. The molecule has 15 heavy (non-hydrogen) atoms. The van der Waals surface area contributed by atoms with Crippen LogP contribution in [0.2, 0.25) is 0 Å². The second-order valence-electron chi connectivity index (χ2n) is 2.99. The maximum atomic E-state index is 11.0. The van der Waals surface area contributed by atoms with Crippen molar-refractivity contribution in [2.75, 3.05) is 0 Å². The molecule has 1 aromatic carbocycles. The Hall–Kier alpha value is -1.49. The Morgan fingerprint density at radius 2 is 2.00 bits per heavy atom. The Morgan fingerprint density at radius 1 is 1.33 bits per heavy atom. The van der Waals surface area contributed by atoms with Crippen molar-refractivity contribution < 1.29 is 9.32 Å². The lowest BCUT2D eigenvalue weighted by Crippen LogP contribution is -1.93. The number of carbonyl (C=O) groups excluding carboxylic acids is 1. The zero-order chi connectivity index (χ0) is 10.8. The molecule has 0 fully saturated rings. The quantitative estimate of drug-likeness (QED) is 0.785. The van der Waals surface area contributed by atoms with Gasteiger partial charge in [0.25, 0.3) is 5.89 Å². The molecular formula is C10H7BrN2O2. The van der Waals surface area contributed by atoms with Gasteiger partial charge < -0.3 is 4.52 Å². The number of carbonyl (C=O) groups is 1. The first-order valence-corrected chi connectivity index (χ1v) is 5.06. The van der Waals surface area contributed by atoms with E-state index in [-0.39, 0.29) is 11.6 Å². The SMILES string of the molecule is CC(=O)c1noc(-c2ccc(Br)cc2)n1. The number of aromatic nitrogens is 2. The molecule has 0 saturated heterocycles. The number of hydrogen-bond acceptors (Lipinski definition) is 4. The van der Waals surface area contributed by atoms with Gasteiger partial charge >= 0.3 is 0 Å². The van der Waals surface area contributed by atoms with Crippen molar-refractivity contribution in [1.82, 2.24) is 10.1 Å². The molecule has 1 aromatic heterocycles. The molecule has 0 amide bonds. The van der Waals surface area contributed by atoms with E-state index >= 15 is 0 Å². The average molecular weight is 267 g/mol. The summed E-state index contributed by atoms with van der Waals surface area (Å²) in [7, 11) is 0. The molecule has 0 aliphatic heterocycles. The molecule has 0 N–H and O–H groups in total. The average Bonchev–Trinajstić information content (AvgIpc) is 2.68. The van der Waals surface area contributed by atoms with Crippen LogP contribution in [0, 0.1) is 0 Å². The third-order valence-corrected chi connectivity index (χ3v) is 2.36. The fourth-order valence-corrected chi connectivity index (χ4v) is 1.34. The van der Waals surface area contributed by atoms with Gasteiger partial charge in [0, 0.05) is 17.0 Å². The van der Waals surface area contributed by atoms with E-state index in [1.54, 1.807) is 0 Å². The molecule has 0 bridgehead atoms. The number of nitrogens with zero attached hydrogens (tertiary/aromatic N) is 2. The van der Waals surface area contributed by atoms with Crippen molar-refractivity contribution in [2.24, 2.45) is 0 Å². The predicted molar refractivity (Wildman–Crippen MR) is 57.4 cm³/mol. The molecule has 0 aliphatic carbocycles.